The van der Waals surface area contributed by atoms with Crippen LogP contribution in [0, 0.1) is 0 Å². The Morgan fingerprint density at radius 2 is 1.85 bits per heavy atom. The molecule has 1 aliphatic rings. The van der Waals surface area contributed by atoms with Crippen LogP contribution in [0.5, 0.6) is 0 Å². The van der Waals surface area contributed by atoms with Crippen molar-refractivity contribution in [2.24, 2.45) is 0 Å². The molecule has 2 aromatic rings. The van der Waals surface area contributed by atoms with E-state index in [1.165, 1.54) is 0 Å². The number of amides is 2. The molecule has 0 unspecified atom stereocenters. The molecule has 27 heavy (non-hydrogen) atoms. The Bertz CT molecular complexity index is 787. The minimum absolute atomic E-state index is 0.0156. The summed E-state index contributed by atoms with van der Waals surface area (Å²) in [5.41, 5.74) is 1.71. The van der Waals surface area contributed by atoms with E-state index in [0.29, 0.717) is 31.5 Å². The molecule has 144 valence electrons. The van der Waals surface area contributed by atoms with Gasteiger partial charge in [-0.05, 0) is 33.6 Å². The Balaban J connectivity index is 1.59. The van der Waals surface area contributed by atoms with E-state index in [9.17, 15) is 9.59 Å². The highest BCUT2D eigenvalue weighted by Crippen LogP contribution is 2.23. The first-order valence-corrected chi connectivity index (χ1v) is 9.21. The number of aromatic amines is 1. The summed E-state index contributed by atoms with van der Waals surface area (Å²) < 4.78 is 5.30. The van der Waals surface area contributed by atoms with Crippen LogP contribution >= 0.6 is 0 Å². The summed E-state index contributed by atoms with van der Waals surface area (Å²) >= 11 is 0. The van der Waals surface area contributed by atoms with Gasteiger partial charge in [0.2, 0.25) is 0 Å². The third kappa shape index (κ3) is 4.87. The highest BCUT2D eigenvalue weighted by atomic mass is 16.6. The van der Waals surface area contributed by atoms with Crippen molar-refractivity contribution in [3.05, 3.63) is 42.1 Å². The second-order valence-electron chi connectivity index (χ2n) is 7.74. The molecule has 7 heteroatoms. The van der Waals surface area contributed by atoms with E-state index in [4.69, 9.17) is 4.74 Å². The summed E-state index contributed by atoms with van der Waals surface area (Å²) in [5.74, 6) is -0.0432. The number of hydrogen-bond donors (Lipinski definition) is 2. The molecule has 0 saturated carbocycles. The van der Waals surface area contributed by atoms with Crippen LogP contribution in [0.1, 0.15) is 44.0 Å². The molecule has 1 fully saturated rings. The standard InChI is InChI=1S/C20H26N4O3/c1-20(2,3)27-19(26)22-15-9-11-24(12-10-15)18(25)16-13-21-23-17(16)14-7-5-4-6-8-14/h4-8,13,15H,9-12H2,1-3H3,(H,21,23)(H,22,26). The zero-order valence-electron chi connectivity index (χ0n) is 16.0. The predicted molar refractivity (Wildman–Crippen MR) is 102 cm³/mol. The van der Waals surface area contributed by atoms with Crippen LogP contribution in [0.15, 0.2) is 36.5 Å². The lowest BCUT2D eigenvalue weighted by atomic mass is 10.0. The number of likely N-dealkylation sites (tertiary alicyclic amines) is 1. The van der Waals surface area contributed by atoms with Crippen molar-refractivity contribution in [2.75, 3.05) is 13.1 Å². The number of hydrogen-bond acceptors (Lipinski definition) is 4. The largest absolute Gasteiger partial charge is 0.444 e. The average Bonchev–Trinajstić information content (AvgIpc) is 3.10. The van der Waals surface area contributed by atoms with Gasteiger partial charge in [-0.2, -0.15) is 5.10 Å². The van der Waals surface area contributed by atoms with Gasteiger partial charge in [0.15, 0.2) is 0 Å². The van der Waals surface area contributed by atoms with Crippen LogP contribution in [0.25, 0.3) is 11.3 Å². The fraction of sp³-hybridized carbons (Fsp3) is 0.450. The van der Waals surface area contributed by atoms with Gasteiger partial charge in [0.1, 0.15) is 5.60 Å². The van der Waals surface area contributed by atoms with Crippen molar-refractivity contribution in [1.29, 1.82) is 0 Å². The van der Waals surface area contributed by atoms with Crippen LogP contribution in [0.3, 0.4) is 0 Å². The molecule has 0 radical (unpaired) electrons. The lowest BCUT2D eigenvalue weighted by Gasteiger charge is -2.32. The number of alkyl carbamates (subject to hydrolysis) is 1. The second kappa shape index (κ2) is 7.82. The average molecular weight is 370 g/mol. The Hall–Kier alpha value is -2.83. The fourth-order valence-electron chi connectivity index (χ4n) is 3.14. The number of H-pyrrole nitrogens is 1. The number of piperidine rings is 1. The maximum absolute atomic E-state index is 12.9. The maximum atomic E-state index is 12.9. The van der Waals surface area contributed by atoms with E-state index in [2.05, 4.69) is 15.5 Å². The van der Waals surface area contributed by atoms with E-state index in [1.54, 1.807) is 6.20 Å². The number of ether oxygens (including phenoxy) is 1. The van der Waals surface area contributed by atoms with Crippen molar-refractivity contribution < 1.29 is 14.3 Å². The number of rotatable bonds is 3. The summed E-state index contributed by atoms with van der Waals surface area (Å²) in [6.07, 6.45) is 2.57. The summed E-state index contributed by atoms with van der Waals surface area (Å²) in [6, 6.07) is 9.70. The Labute approximate surface area is 159 Å². The molecule has 0 spiro atoms. The summed E-state index contributed by atoms with van der Waals surface area (Å²) in [7, 11) is 0. The van der Waals surface area contributed by atoms with Gasteiger partial charge in [-0.25, -0.2) is 4.79 Å². The molecule has 1 saturated heterocycles. The Morgan fingerprint density at radius 1 is 1.19 bits per heavy atom. The smallest absolute Gasteiger partial charge is 0.407 e. The van der Waals surface area contributed by atoms with Gasteiger partial charge in [0.25, 0.3) is 5.91 Å². The number of carbonyl (C=O) groups is 2. The summed E-state index contributed by atoms with van der Waals surface area (Å²) in [5, 5.41) is 9.87. The number of nitrogens with one attached hydrogen (secondary N) is 2. The van der Waals surface area contributed by atoms with Gasteiger partial charge >= 0.3 is 6.09 Å². The molecule has 2 heterocycles. The highest BCUT2D eigenvalue weighted by Gasteiger charge is 2.28. The molecule has 2 amide bonds. The van der Waals surface area contributed by atoms with Crippen molar-refractivity contribution in [3.63, 3.8) is 0 Å². The van der Waals surface area contributed by atoms with Gasteiger partial charge in [0, 0.05) is 24.7 Å². The molecular weight excluding hydrogens is 344 g/mol. The van der Waals surface area contributed by atoms with Crippen molar-refractivity contribution >= 4 is 12.0 Å². The minimum Gasteiger partial charge on any atom is -0.444 e. The van der Waals surface area contributed by atoms with Gasteiger partial charge in [-0.3, -0.25) is 9.89 Å². The van der Waals surface area contributed by atoms with Gasteiger partial charge in [0.05, 0.1) is 17.5 Å². The molecule has 7 nitrogen and oxygen atoms in total. The van der Waals surface area contributed by atoms with Crippen LogP contribution in [0.4, 0.5) is 4.79 Å². The lowest BCUT2D eigenvalue weighted by Crippen LogP contribution is -2.47. The number of nitrogens with zero attached hydrogens (tertiary/aromatic N) is 2. The molecule has 3 rings (SSSR count). The van der Waals surface area contributed by atoms with E-state index in [0.717, 1.165) is 11.3 Å². The van der Waals surface area contributed by atoms with E-state index in [1.807, 2.05) is 56.0 Å². The first-order valence-electron chi connectivity index (χ1n) is 9.21. The molecule has 1 aromatic carbocycles. The molecule has 1 aromatic heterocycles. The number of benzene rings is 1. The Morgan fingerprint density at radius 3 is 2.48 bits per heavy atom. The van der Waals surface area contributed by atoms with Crippen molar-refractivity contribution in [2.45, 2.75) is 45.3 Å². The topological polar surface area (TPSA) is 87.3 Å². The zero-order chi connectivity index (χ0) is 19.4. The quantitative estimate of drug-likeness (QED) is 0.868. The fourth-order valence-corrected chi connectivity index (χ4v) is 3.14. The molecule has 2 N–H and O–H groups in total. The first-order chi connectivity index (χ1) is 12.8. The normalized spacial score (nSPS) is 15.4. The van der Waals surface area contributed by atoms with Crippen LogP contribution < -0.4 is 5.32 Å². The molecule has 0 atom stereocenters. The van der Waals surface area contributed by atoms with Crippen LogP contribution in [0.2, 0.25) is 0 Å². The van der Waals surface area contributed by atoms with Crippen LogP contribution in [-0.2, 0) is 4.74 Å². The Kier molecular flexibility index (Phi) is 5.48. The van der Waals surface area contributed by atoms with E-state index < -0.39 is 11.7 Å². The van der Waals surface area contributed by atoms with E-state index >= 15 is 0 Å². The molecule has 0 aliphatic carbocycles. The third-order valence-corrected chi connectivity index (χ3v) is 4.44. The van der Waals surface area contributed by atoms with Crippen molar-refractivity contribution in [1.82, 2.24) is 20.4 Å². The van der Waals surface area contributed by atoms with Crippen molar-refractivity contribution in [3.8, 4) is 11.3 Å². The summed E-state index contributed by atoms with van der Waals surface area (Å²) in [6.45, 7) is 6.67. The van der Waals surface area contributed by atoms with Gasteiger partial charge in [-0.1, -0.05) is 30.3 Å². The minimum atomic E-state index is -0.518. The van der Waals surface area contributed by atoms with Gasteiger partial charge in [-0.15, -0.1) is 0 Å². The monoisotopic (exact) mass is 370 g/mol. The molecule has 0 bridgehead atoms. The maximum Gasteiger partial charge on any atom is 0.407 e. The summed E-state index contributed by atoms with van der Waals surface area (Å²) in [4.78, 5) is 26.6. The molecular formula is C20H26N4O3. The lowest BCUT2D eigenvalue weighted by molar-refractivity contribution is 0.0473. The second-order valence-corrected chi connectivity index (χ2v) is 7.74. The van der Waals surface area contributed by atoms with Crippen LogP contribution in [-0.4, -0.2) is 51.8 Å². The molecule has 1 aliphatic heterocycles. The first kappa shape index (κ1) is 18.9. The third-order valence-electron chi connectivity index (χ3n) is 4.44. The number of aromatic nitrogens is 2. The van der Waals surface area contributed by atoms with E-state index in [-0.39, 0.29) is 11.9 Å². The van der Waals surface area contributed by atoms with Gasteiger partial charge < -0.3 is 15.0 Å². The SMILES string of the molecule is CC(C)(C)OC(=O)NC1CCN(C(=O)c2cn[nH]c2-c2ccccc2)CC1. The number of carbonyl (C=O) groups excluding carboxylic acids is 2. The predicted octanol–water partition coefficient (Wildman–Crippen LogP) is 3.21. The zero-order valence-corrected chi connectivity index (χ0v) is 16.0. The highest BCUT2D eigenvalue weighted by molar-refractivity contribution is 5.99.